The number of nitrogen functional groups attached to an aromatic ring is 1. The van der Waals surface area contributed by atoms with Gasteiger partial charge >= 0.3 is 11.7 Å². The molecule has 2 heterocycles. The largest absolute Gasteiger partial charge is 0.457 e. The van der Waals surface area contributed by atoms with E-state index in [-0.39, 0.29) is 31.0 Å². The monoisotopic (exact) mass is 421 g/mol. The first-order chi connectivity index (χ1) is 13.7. The fourth-order valence-electron chi connectivity index (χ4n) is 2.70. The number of carbonyl (C=O) groups is 3. The summed E-state index contributed by atoms with van der Waals surface area (Å²) in [6.07, 6.45) is 0.340. The molecule has 0 amide bonds. The minimum absolute atomic E-state index is 0.0434. The number of hydrogen-bond donors (Lipinski definition) is 1. The number of Topliss-reactive ketones (excluding diaryl/α,β-unsaturated/α-hetero) is 2. The molecular formula is C19H23N3O6S. The van der Waals surface area contributed by atoms with Crippen molar-refractivity contribution in [1.29, 1.82) is 0 Å². The van der Waals surface area contributed by atoms with Crippen molar-refractivity contribution in [3.63, 3.8) is 0 Å². The molecule has 9 nitrogen and oxygen atoms in total. The number of esters is 1. The summed E-state index contributed by atoms with van der Waals surface area (Å²) in [6, 6.07) is 3.51. The van der Waals surface area contributed by atoms with Crippen LogP contribution in [0.2, 0.25) is 0 Å². The number of ketones is 2. The van der Waals surface area contributed by atoms with Crippen molar-refractivity contribution >= 4 is 34.7 Å². The maximum Gasteiger partial charge on any atom is 0.332 e. The predicted octanol–water partition coefficient (Wildman–Crippen LogP) is 1.30. The van der Waals surface area contributed by atoms with Gasteiger partial charge in [0.25, 0.3) is 5.56 Å². The molecule has 0 saturated heterocycles. The van der Waals surface area contributed by atoms with Crippen LogP contribution < -0.4 is 17.0 Å². The van der Waals surface area contributed by atoms with E-state index in [1.54, 1.807) is 6.07 Å². The number of nitrogens with zero attached hydrogens (tertiary/aromatic N) is 2. The van der Waals surface area contributed by atoms with E-state index in [1.165, 1.54) is 18.4 Å². The SMILES string of the molecule is CCCn1c(N)c(C(=O)COC(=O)CCC(=O)c2ccc(C)s2)c(=O)n(C)c1=O. The first-order valence-electron chi connectivity index (χ1n) is 9.05. The second-order valence-corrected chi connectivity index (χ2v) is 7.76. The Kier molecular flexibility index (Phi) is 7.27. The van der Waals surface area contributed by atoms with Gasteiger partial charge < -0.3 is 10.5 Å². The van der Waals surface area contributed by atoms with Gasteiger partial charge in [-0.05, 0) is 25.5 Å². The van der Waals surface area contributed by atoms with Crippen molar-refractivity contribution in [3.05, 3.63) is 48.3 Å². The lowest BCUT2D eigenvalue weighted by atomic mass is 10.2. The molecule has 0 aliphatic rings. The van der Waals surface area contributed by atoms with Crippen molar-refractivity contribution in [2.24, 2.45) is 7.05 Å². The summed E-state index contributed by atoms with van der Waals surface area (Å²) < 4.78 is 6.83. The number of carbonyl (C=O) groups excluding carboxylic acids is 3. The molecule has 29 heavy (non-hydrogen) atoms. The molecule has 0 unspecified atom stereocenters. The second-order valence-electron chi connectivity index (χ2n) is 6.48. The Morgan fingerprint density at radius 3 is 2.41 bits per heavy atom. The Balaban J connectivity index is 2.03. The van der Waals surface area contributed by atoms with Gasteiger partial charge in [-0.3, -0.25) is 28.3 Å². The number of hydrogen-bond acceptors (Lipinski definition) is 8. The van der Waals surface area contributed by atoms with Crippen molar-refractivity contribution in [2.45, 2.75) is 39.7 Å². The van der Waals surface area contributed by atoms with E-state index in [0.717, 1.165) is 14.0 Å². The lowest BCUT2D eigenvalue weighted by molar-refractivity contribution is -0.142. The maximum atomic E-state index is 12.4. The van der Waals surface area contributed by atoms with Crippen LogP contribution in [0.25, 0.3) is 0 Å². The maximum absolute atomic E-state index is 12.4. The van der Waals surface area contributed by atoms with Gasteiger partial charge in [0.15, 0.2) is 12.4 Å². The number of thiophene rings is 1. The van der Waals surface area contributed by atoms with E-state index in [2.05, 4.69) is 0 Å². The van der Waals surface area contributed by atoms with Gasteiger partial charge in [0, 0.05) is 24.9 Å². The van der Waals surface area contributed by atoms with Gasteiger partial charge in [-0.1, -0.05) is 6.92 Å². The van der Waals surface area contributed by atoms with Crippen LogP contribution in [-0.4, -0.2) is 33.3 Å². The van der Waals surface area contributed by atoms with Crippen molar-refractivity contribution in [1.82, 2.24) is 9.13 Å². The molecule has 10 heteroatoms. The Morgan fingerprint density at radius 2 is 1.83 bits per heavy atom. The van der Waals surface area contributed by atoms with Gasteiger partial charge in [-0.15, -0.1) is 11.3 Å². The zero-order valence-electron chi connectivity index (χ0n) is 16.5. The molecule has 156 valence electrons. The summed E-state index contributed by atoms with van der Waals surface area (Å²) in [5.74, 6) is -1.97. The molecule has 2 rings (SSSR count). The minimum atomic E-state index is -0.843. The topological polar surface area (TPSA) is 130 Å². The summed E-state index contributed by atoms with van der Waals surface area (Å²) in [4.78, 5) is 62.3. The molecule has 0 radical (unpaired) electrons. The summed E-state index contributed by atoms with van der Waals surface area (Å²) in [5.41, 5.74) is 4.00. The molecule has 0 saturated carbocycles. The third-order valence-electron chi connectivity index (χ3n) is 4.24. The molecule has 2 aromatic rings. The first-order valence-corrected chi connectivity index (χ1v) is 9.86. The lowest BCUT2D eigenvalue weighted by Gasteiger charge is -2.13. The Hall–Kier alpha value is -3.01. The zero-order chi connectivity index (χ0) is 21.7. The van der Waals surface area contributed by atoms with Crippen LogP contribution in [0.1, 0.15) is 51.1 Å². The van der Waals surface area contributed by atoms with Crippen LogP contribution in [0, 0.1) is 6.92 Å². The molecule has 0 spiro atoms. The third-order valence-corrected chi connectivity index (χ3v) is 5.29. The van der Waals surface area contributed by atoms with Gasteiger partial charge in [-0.2, -0.15) is 0 Å². The fourth-order valence-corrected chi connectivity index (χ4v) is 3.53. The number of aryl methyl sites for hydroxylation is 1. The van der Waals surface area contributed by atoms with Crippen LogP contribution in [0.4, 0.5) is 5.82 Å². The van der Waals surface area contributed by atoms with Crippen molar-refractivity contribution in [2.75, 3.05) is 12.3 Å². The van der Waals surface area contributed by atoms with Gasteiger partial charge in [0.05, 0.1) is 11.3 Å². The van der Waals surface area contributed by atoms with Gasteiger partial charge in [-0.25, -0.2) is 4.79 Å². The standard InChI is InChI=1S/C19H23N3O6S/c1-4-9-22-17(20)16(18(26)21(3)19(22)27)13(24)10-28-15(25)8-6-12(23)14-7-5-11(2)29-14/h5,7H,4,6,8-10,20H2,1-3H3. The number of nitrogens with two attached hydrogens (primary N) is 1. The van der Waals surface area contributed by atoms with E-state index in [9.17, 15) is 24.0 Å². The highest BCUT2D eigenvalue weighted by Crippen LogP contribution is 2.17. The Morgan fingerprint density at radius 1 is 1.14 bits per heavy atom. The quantitative estimate of drug-likeness (QED) is 0.477. The van der Waals surface area contributed by atoms with E-state index in [4.69, 9.17) is 10.5 Å². The molecule has 0 bridgehead atoms. The average molecular weight is 421 g/mol. The lowest BCUT2D eigenvalue weighted by Crippen LogP contribution is -2.43. The summed E-state index contributed by atoms with van der Waals surface area (Å²) in [6.45, 7) is 3.23. The molecule has 0 aromatic carbocycles. The number of aromatic nitrogens is 2. The molecule has 0 atom stereocenters. The fraction of sp³-hybridized carbons (Fsp3) is 0.421. The van der Waals surface area contributed by atoms with E-state index in [0.29, 0.717) is 11.3 Å². The van der Waals surface area contributed by atoms with Crippen LogP contribution >= 0.6 is 11.3 Å². The molecule has 0 aliphatic carbocycles. The highest BCUT2D eigenvalue weighted by molar-refractivity contribution is 7.14. The Labute approximate surface area is 170 Å². The van der Waals surface area contributed by atoms with Crippen LogP contribution in [0.15, 0.2) is 21.7 Å². The van der Waals surface area contributed by atoms with Crippen LogP contribution in [0.5, 0.6) is 0 Å². The average Bonchev–Trinajstić information content (AvgIpc) is 3.12. The Bertz CT molecular complexity index is 1060. The van der Waals surface area contributed by atoms with Crippen LogP contribution in [-0.2, 0) is 23.1 Å². The van der Waals surface area contributed by atoms with E-state index in [1.807, 2.05) is 19.9 Å². The van der Waals surface area contributed by atoms with Crippen LogP contribution in [0.3, 0.4) is 0 Å². The summed E-state index contributed by atoms with van der Waals surface area (Å²) >= 11 is 1.34. The van der Waals surface area contributed by atoms with E-state index >= 15 is 0 Å². The molecular weight excluding hydrogens is 398 g/mol. The molecule has 0 fully saturated rings. The van der Waals surface area contributed by atoms with Gasteiger partial charge in [0.2, 0.25) is 5.78 Å². The minimum Gasteiger partial charge on any atom is -0.457 e. The van der Waals surface area contributed by atoms with Crippen molar-refractivity contribution < 1.29 is 19.1 Å². The van der Waals surface area contributed by atoms with Crippen molar-refractivity contribution in [3.8, 4) is 0 Å². The third kappa shape index (κ3) is 5.08. The normalized spacial score (nSPS) is 10.7. The first kappa shape index (κ1) is 22.3. The molecule has 2 N–H and O–H groups in total. The smallest absolute Gasteiger partial charge is 0.332 e. The molecule has 2 aromatic heterocycles. The van der Waals surface area contributed by atoms with Gasteiger partial charge in [0.1, 0.15) is 11.4 Å². The highest BCUT2D eigenvalue weighted by atomic mass is 32.1. The number of rotatable bonds is 9. The second kappa shape index (κ2) is 9.46. The number of anilines is 1. The predicted molar refractivity (Wildman–Crippen MR) is 109 cm³/mol. The summed E-state index contributed by atoms with van der Waals surface area (Å²) in [5, 5.41) is 0. The number of ether oxygens (including phenoxy) is 1. The molecule has 0 aliphatic heterocycles. The summed E-state index contributed by atoms with van der Waals surface area (Å²) in [7, 11) is 1.25. The highest BCUT2D eigenvalue weighted by Gasteiger charge is 2.22. The zero-order valence-corrected chi connectivity index (χ0v) is 17.3. The van der Waals surface area contributed by atoms with E-state index < -0.39 is 35.2 Å².